The number of ketones is 1. The summed E-state index contributed by atoms with van der Waals surface area (Å²) in [7, 11) is 1.55. The zero-order valence-corrected chi connectivity index (χ0v) is 16.6. The lowest BCUT2D eigenvalue weighted by molar-refractivity contribution is -0.121. The number of ether oxygens (including phenoxy) is 2. The van der Waals surface area contributed by atoms with Crippen molar-refractivity contribution >= 4 is 35.1 Å². The highest BCUT2D eigenvalue weighted by Gasteiger charge is 2.42. The van der Waals surface area contributed by atoms with Crippen molar-refractivity contribution in [2.45, 2.75) is 51.7 Å². The molecule has 25 heavy (non-hydrogen) atoms. The van der Waals surface area contributed by atoms with Crippen molar-refractivity contribution in [3.8, 4) is 5.75 Å². The second-order valence-electron chi connectivity index (χ2n) is 7.17. The van der Waals surface area contributed by atoms with E-state index >= 15 is 0 Å². The van der Waals surface area contributed by atoms with E-state index in [2.05, 4.69) is 0 Å². The zero-order valence-electron chi connectivity index (χ0n) is 15.1. The van der Waals surface area contributed by atoms with Crippen molar-refractivity contribution in [1.82, 2.24) is 4.90 Å². The van der Waals surface area contributed by atoms with E-state index in [1.807, 2.05) is 0 Å². The van der Waals surface area contributed by atoms with Crippen LogP contribution in [0.1, 0.15) is 45.6 Å². The van der Waals surface area contributed by atoms with Gasteiger partial charge in [-0.05, 0) is 46.2 Å². The van der Waals surface area contributed by atoms with Crippen LogP contribution in [0.4, 0.5) is 4.79 Å². The van der Waals surface area contributed by atoms with E-state index in [1.165, 1.54) is 11.8 Å². The molecule has 1 heterocycles. The lowest BCUT2D eigenvalue weighted by Gasteiger charge is -2.27. The molecule has 1 aromatic rings. The van der Waals surface area contributed by atoms with Gasteiger partial charge in [-0.2, -0.15) is 0 Å². The van der Waals surface area contributed by atoms with Crippen LogP contribution in [0, 0.1) is 0 Å². The third kappa shape index (κ3) is 4.39. The van der Waals surface area contributed by atoms with Crippen molar-refractivity contribution in [2.75, 3.05) is 13.7 Å². The van der Waals surface area contributed by atoms with Gasteiger partial charge in [0.2, 0.25) is 0 Å². The van der Waals surface area contributed by atoms with Gasteiger partial charge in [-0.3, -0.25) is 9.69 Å². The summed E-state index contributed by atoms with van der Waals surface area (Å²) in [5.74, 6) is 0.334. The molecule has 0 aliphatic carbocycles. The van der Waals surface area contributed by atoms with Crippen LogP contribution in [-0.2, 0) is 9.53 Å². The van der Waals surface area contributed by atoms with E-state index in [-0.39, 0.29) is 11.7 Å². The Hall–Kier alpha value is -1.46. The summed E-state index contributed by atoms with van der Waals surface area (Å²) < 4.78 is 10.8. The second-order valence-corrected chi connectivity index (χ2v) is 7.95. The van der Waals surface area contributed by atoms with Gasteiger partial charge in [-0.1, -0.05) is 23.2 Å². The molecule has 1 saturated heterocycles. The largest absolute Gasteiger partial charge is 0.496 e. The highest BCUT2D eigenvalue weighted by atomic mass is 35.5. The number of carbonyl (C=O) groups excluding carboxylic acids is 2. The Balaban J connectivity index is 2.36. The molecule has 138 valence electrons. The number of rotatable bonds is 3. The Kier molecular flexibility index (Phi) is 5.89. The predicted octanol–water partition coefficient (Wildman–Crippen LogP) is 4.68. The lowest BCUT2D eigenvalue weighted by Crippen LogP contribution is -2.42. The van der Waals surface area contributed by atoms with Crippen molar-refractivity contribution in [3.05, 3.63) is 27.7 Å². The molecule has 1 amide bonds. The van der Waals surface area contributed by atoms with Gasteiger partial charge in [0.1, 0.15) is 11.4 Å². The molecule has 0 N–H and O–H groups in total. The highest BCUT2D eigenvalue weighted by molar-refractivity contribution is 6.42. The third-order valence-electron chi connectivity index (χ3n) is 4.12. The van der Waals surface area contributed by atoms with E-state index in [9.17, 15) is 9.59 Å². The van der Waals surface area contributed by atoms with E-state index < -0.39 is 17.7 Å². The standard InChI is InChI=1S/C18H23Cl2NO4/c1-10(22)13-8-11(9-21(13)17(23)25-18(2,3)4)15-14(24-5)7-6-12(19)16(15)20/h6-7,11,13H,8-9H2,1-5H3/t11-,13-/m0/s1. The number of likely N-dealkylation sites (tertiary alicyclic amines) is 1. The second kappa shape index (κ2) is 7.42. The van der Waals surface area contributed by atoms with Crippen molar-refractivity contribution in [1.29, 1.82) is 0 Å². The Morgan fingerprint density at radius 3 is 2.40 bits per heavy atom. The molecule has 1 aliphatic rings. The number of hydrogen-bond donors (Lipinski definition) is 0. The molecular formula is C18H23Cl2NO4. The minimum absolute atomic E-state index is 0.0922. The SMILES string of the molecule is COc1ccc(Cl)c(Cl)c1[C@H]1C[C@@H](C(C)=O)N(C(=O)OC(C)(C)C)C1. The van der Waals surface area contributed by atoms with Crippen LogP contribution in [0.15, 0.2) is 12.1 Å². The number of halogens is 2. The maximum absolute atomic E-state index is 12.5. The Morgan fingerprint density at radius 2 is 1.88 bits per heavy atom. The average molecular weight is 388 g/mol. The van der Waals surface area contributed by atoms with Gasteiger partial charge >= 0.3 is 6.09 Å². The molecule has 1 fully saturated rings. The van der Waals surface area contributed by atoms with Gasteiger partial charge in [0.25, 0.3) is 0 Å². The molecular weight excluding hydrogens is 365 g/mol. The molecule has 2 rings (SSSR count). The molecule has 7 heteroatoms. The first kappa shape index (κ1) is 19.9. The molecule has 1 aliphatic heterocycles. The smallest absolute Gasteiger partial charge is 0.410 e. The molecule has 0 bridgehead atoms. The van der Waals surface area contributed by atoms with Crippen LogP contribution in [-0.4, -0.2) is 42.1 Å². The van der Waals surface area contributed by atoms with Gasteiger partial charge in [0.15, 0.2) is 5.78 Å². The number of methoxy groups -OCH3 is 1. The normalized spacial score (nSPS) is 20.5. The fraction of sp³-hybridized carbons (Fsp3) is 0.556. The summed E-state index contributed by atoms with van der Waals surface area (Å²) in [4.78, 5) is 26.1. The summed E-state index contributed by atoms with van der Waals surface area (Å²) in [6.07, 6.45) is -0.0577. The van der Waals surface area contributed by atoms with E-state index in [0.717, 1.165) is 0 Å². The number of amides is 1. The summed E-state index contributed by atoms with van der Waals surface area (Å²) in [5.41, 5.74) is 0.0796. The quantitative estimate of drug-likeness (QED) is 0.754. The first-order valence-corrected chi connectivity index (χ1v) is 8.82. The Bertz CT molecular complexity index is 684. The minimum atomic E-state index is -0.637. The van der Waals surface area contributed by atoms with Crippen LogP contribution in [0.25, 0.3) is 0 Å². The predicted molar refractivity (Wildman–Crippen MR) is 97.8 cm³/mol. The first-order chi connectivity index (χ1) is 11.5. The number of Topliss-reactive ketones (excluding diaryl/α,β-unsaturated/α-hetero) is 1. The zero-order chi connectivity index (χ0) is 18.9. The monoisotopic (exact) mass is 387 g/mol. The topological polar surface area (TPSA) is 55.8 Å². The summed E-state index contributed by atoms with van der Waals surface area (Å²) in [5, 5.41) is 0.798. The highest BCUT2D eigenvalue weighted by Crippen LogP contribution is 2.43. The van der Waals surface area contributed by atoms with Crippen molar-refractivity contribution in [2.24, 2.45) is 0 Å². The maximum Gasteiger partial charge on any atom is 0.410 e. The summed E-state index contributed by atoms with van der Waals surface area (Å²) in [6, 6.07) is 2.84. The van der Waals surface area contributed by atoms with Crippen LogP contribution < -0.4 is 4.74 Å². The van der Waals surface area contributed by atoms with Crippen LogP contribution in [0.3, 0.4) is 0 Å². The average Bonchev–Trinajstić information content (AvgIpc) is 2.93. The van der Waals surface area contributed by atoms with Crippen LogP contribution in [0.5, 0.6) is 5.75 Å². The molecule has 0 radical (unpaired) electrons. The fourth-order valence-corrected chi connectivity index (χ4v) is 3.54. The van der Waals surface area contributed by atoms with Gasteiger partial charge in [0, 0.05) is 18.0 Å². The van der Waals surface area contributed by atoms with Crippen molar-refractivity contribution in [3.63, 3.8) is 0 Å². The molecule has 0 unspecified atom stereocenters. The van der Waals surface area contributed by atoms with Crippen LogP contribution in [0.2, 0.25) is 10.0 Å². The third-order valence-corrected chi connectivity index (χ3v) is 4.94. The molecule has 2 atom stereocenters. The Morgan fingerprint density at radius 1 is 1.24 bits per heavy atom. The van der Waals surface area contributed by atoms with E-state index in [0.29, 0.717) is 34.3 Å². The van der Waals surface area contributed by atoms with E-state index in [4.69, 9.17) is 32.7 Å². The molecule has 5 nitrogen and oxygen atoms in total. The van der Waals surface area contributed by atoms with Crippen LogP contribution >= 0.6 is 23.2 Å². The van der Waals surface area contributed by atoms with Gasteiger partial charge < -0.3 is 9.47 Å². The molecule has 0 spiro atoms. The fourth-order valence-electron chi connectivity index (χ4n) is 3.06. The summed E-state index contributed by atoms with van der Waals surface area (Å²) >= 11 is 12.5. The first-order valence-electron chi connectivity index (χ1n) is 8.07. The maximum atomic E-state index is 12.5. The molecule has 1 aromatic carbocycles. The Labute approximate surface area is 158 Å². The van der Waals surface area contributed by atoms with Gasteiger partial charge in [-0.25, -0.2) is 4.79 Å². The number of nitrogens with zero attached hydrogens (tertiary/aromatic N) is 1. The number of benzene rings is 1. The minimum Gasteiger partial charge on any atom is -0.496 e. The number of carbonyl (C=O) groups is 2. The van der Waals surface area contributed by atoms with E-state index in [1.54, 1.807) is 40.0 Å². The van der Waals surface area contributed by atoms with Gasteiger partial charge in [0.05, 0.1) is 23.2 Å². The number of hydrogen-bond acceptors (Lipinski definition) is 4. The summed E-state index contributed by atoms with van der Waals surface area (Å²) in [6.45, 7) is 7.16. The molecule has 0 saturated carbocycles. The lowest BCUT2D eigenvalue weighted by atomic mass is 9.94. The van der Waals surface area contributed by atoms with Crippen molar-refractivity contribution < 1.29 is 19.1 Å². The van der Waals surface area contributed by atoms with Gasteiger partial charge in [-0.15, -0.1) is 0 Å². The molecule has 0 aromatic heterocycles.